The highest BCUT2D eigenvalue weighted by Crippen LogP contribution is 2.31. The highest BCUT2D eigenvalue weighted by Gasteiger charge is 2.31. The maximum absolute atomic E-state index is 15.2. The van der Waals surface area contributed by atoms with Crippen LogP contribution in [0.1, 0.15) is 70.0 Å². The molecule has 0 bridgehead atoms. The van der Waals surface area contributed by atoms with Gasteiger partial charge in [-0.2, -0.15) is 11.8 Å². The van der Waals surface area contributed by atoms with Gasteiger partial charge in [0.2, 0.25) is 11.8 Å². The van der Waals surface area contributed by atoms with Crippen LogP contribution in [0, 0.1) is 23.5 Å². The number of thioether (sulfide) groups is 1. The summed E-state index contributed by atoms with van der Waals surface area (Å²) in [6, 6.07) is 8.05. The second-order valence-corrected chi connectivity index (χ2v) is 17.8. The quantitative estimate of drug-likeness (QED) is 0.206. The molecule has 57 heavy (non-hydrogen) atoms. The molecule has 12 nitrogen and oxygen atoms in total. The van der Waals surface area contributed by atoms with Crippen molar-refractivity contribution in [2.24, 2.45) is 11.8 Å². The Kier molecular flexibility index (Phi) is 12.9. The number of carbonyl (C=O) groups excluding carboxylic acids is 2. The van der Waals surface area contributed by atoms with Crippen molar-refractivity contribution in [2.45, 2.75) is 87.3 Å². The summed E-state index contributed by atoms with van der Waals surface area (Å²) in [6.07, 6.45) is 9.12. The molecule has 1 atom stereocenters. The molecular weight excluding hydrogens is 753 g/mol. The lowest BCUT2D eigenvalue weighted by Gasteiger charge is -2.43. The number of benzene rings is 2. The van der Waals surface area contributed by atoms with Crippen molar-refractivity contribution in [2.75, 3.05) is 75.9 Å². The number of anilines is 2. The van der Waals surface area contributed by atoms with Gasteiger partial charge < -0.3 is 34.5 Å². The van der Waals surface area contributed by atoms with Crippen LogP contribution in [0.3, 0.4) is 0 Å². The molecule has 1 aromatic heterocycles. The number of nitrogens with one attached hydrogen (secondary N) is 3. The Morgan fingerprint density at radius 2 is 1.61 bits per heavy atom. The third-order valence-electron chi connectivity index (χ3n) is 12.6. The van der Waals surface area contributed by atoms with E-state index in [2.05, 4.69) is 35.3 Å². The van der Waals surface area contributed by atoms with Gasteiger partial charge in [0.1, 0.15) is 34.6 Å². The Balaban J connectivity index is 0.736. The number of carbonyl (C=O) groups is 2. The fourth-order valence-corrected chi connectivity index (χ4v) is 10.3. The molecular formula is C42H55F2N7O5S. The number of likely N-dealkylation sites (tertiary alicyclic amines) is 2. The predicted molar refractivity (Wildman–Crippen MR) is 218 cm³/mol. The standard InChI is InChI=1S/C42H55F2N7O5S/c43-33-21-29(45-35-2-4-39(52)48-41(35)53)1-3-37(33)51-17-9-30(10-18-51)50-15-7-27(8-16-50)24-49-13-5-28(6-14-49)25-56-31-22-34(44)40-36(23-31)46-38(47-42(40)54)26-57-32-11-19-55-20-12-32/h1,3,21-23,27-28,30,32,35,45H,2,4-20,24-26H2,(H,46,47,54)(H,48,52,53). The van der Waals surface area contributed by atoms with Gasteiger partial charge in [0.05, 0.1) is 23.6 Å². The zero-order chi connectivity index (χ0) is 39.3. The van der Waals surface area contributed by atoms with E-state index < -0.39 is 17.4 Å². The van der Waals surface area contributed by atoms with Gasteiger partial charge in [-0.1, -0.05) is 0 Å². The molecule has 5 fully saturated rings. The number of H-pyrrole nitrogens is 1. The molecule has 0 saturated carbocycles. The summed E-state index contributed by atoms with van der Waals surface area (Å²) in [5, 5.41) is 5.85. The highest BCUT2D eigenvalue weighted by atomic mass is 32.2. The lowest BCUT2D eigenvalue weighted by molar-refractivity contribution is -0.133. The van der Waals surface area contributed by atoms with E-state index in [1.807, 2.05) is 6.07 Å². The van der Waals surface area contributed by atoms with Crippen molar-refractivity contribution in [1.82, 2.24) is 25.1 Å². The minimum absolute atomic E-state index is 0.0225. The van der Waals surface area contributed by atoms with E-state index in [1.54, 1.807) is 23.9 Å². The van der Waals surface area contributed by atoms with Crippen LogP contribution in [-0.4, -0.2) is 115 Å². The van der Waals surface area contributed by atoms with E-state index in [1.165, 1.54) is 25.0 Å². The van der Waals surface area contributed by atoms with Crippen molar-refractivity contribution in [3.05, 3.63) is 58.1 Å². The molecule has 15 heteroatoms. The zero-order valence-corrected chi connectivity index (χ0v) is 33.4. The van der Waals surface area contributed by atoms with Gasteiger partial charge in [0, 0.05) is 68.4 Å². The Labute approximate surface area is 336 Å². The van der Waals surface area contributed by atoms with Crippen LogP contribution < -0.4 is 25.8 Å². The van der Waals surface area contributed by atoms with Gasteiger partial charge in [0.15, 0.2) is 0 Å². The van der Waals surface area contributed by atoms with Crippen molar-refractivity contribution < 1.29 is 27.8 Å². The summed E-state index contributed by atoms with van der Waals surface area (Å²) in [5.41, 5.74) is 1.02. The molecule has 0 radical (unpaired) electrons. The first-order valence-corrected chi connectivity index (χ1v) is 21.9. The number of amides is 2. The maximum atomic E-state index is 15.2. The molecule has 6 heterocycles. The van der Waals surface area contributed by atoms with Crippen LogP contribution in [0.2, 0.25) is 0 Å². The van der Waals surface area contributed by atoms with Gasteiger partial charge in [-0.05, 0) is 114 Å². The molecule has 2 aromatic carbocycles. The van der Waals surface area contributed by atoms with Gasteiger partial charge in [0.25, 0.3) is 5.56 Å². The van der Waals surface area contributed by atoms with Gasteiger partial charge in [-0.3, -0.25) is 19.7 Å². The summed E-state index contributed by atoms with van der Waals surface area (Å²) in [4.78, 5) is 51.0. The molecule has 308 valence electrons. The van der Waals surface area contributed by atoms with E-state index >= 15 is 8.78 Å². The number of aromatic nitrogens is 2. The number of imide groups is 1. The second kappa shape index (κ2) is 18.4. The Morgan fingerprint density at radius 1 is 0.860 bits per heavy atom. The van der Waals surface area contributed by atoms with Crippen LogP contribution in [0.4, 0.5) is 20.2 Å². The fraction of sp³-hybridized carbons (Fsp3) is 0.619. The monoisotopic (exact) mass is 807 g/mol. The third-order valence-corrected chi connectivity index (χ3v) is 14.0. The molecule has 0 spiro atoms. The lowest BCUT2D eigenvalue weighted by Crippen LogP contribution is -2.49. The van der Waals surface area contributed by atoms with Crippen LogP contribution in [0.25, 0.3) is 10.9 Å². The minimum Gasteiger partial charge on any atom is -0.493 e. The summed E-state index contributed by atoms with van der Waals surface area (Å²) in [6.45, 7) is 9.06. The van der Waals surface area contributed by atoms with Crippen LogP contribution in [-0.2, 0) is 20.1 Å². The first-order valence-electron chi connectivity index (χ1n) is 20.9. The maximum Gasteiger partial charge on any atom is 0.261 e. The van der Waals surface area contributed by atoms with Gasteiger partial charge in [-0.25, -0.2) is 13.8 Å². The number of rotatable bonds is 12. The first kappa shape index (κ1) is 40.0. The van der Waals surface area contributed by atoms with Crippen molar-refractivity contribution in [3.63, 3.8) is 0 Å². The predicted octanol–water partition coefficient (Wildman–Crippen LogP) is 5.30. The van der Waals surface area contributed by atoms with E-state index in [9.17, 15) is 14.4 Å². The smallest absolute Gasteiger partial charge is 0.261 e. The number of nitrogens with zero attached hydrogens (tertiary/aromatic N) is 4. The summed E-state index contributed by atoms with van der Waals surface area (Å²) < 4.78 is 41.9. The number of hydrogen-bond donors (Lipinski definition) is 3. The minimum atomic E-state index is -0.605. The third kappa shape index (κ3) is 10.1. The first-order chi connectivity index (χ1) is 27.7. The van der Waals surface area contributed by atoms with E-state index in [4.69, 9.17) is 9.47 Å². The zero-order valence-electron chi connectivity index (χ0n) is 32.6. The number of hydrogen-bond acceptors (Lipinski definition) is 11. The Morgan fingerprint density at radius 3 is 2.35 bits per heavy atom. The molecule has 3 N–H and O–H groups in total. The molecule has 5 saturated heterocycles. The molecule has 0 aliphatic carbocycles. The van der Waals surface area contributed by atoms with E-state index in [-0.39, 0.29) is 29.4 Å². The summed E-state index contributed by atoms with van der Waals surface area (Å²) >= 11 is 1.76. The number of halogens is 2. The average molecular weight is 808 g/mol. The Bertz CT molecular complexity index is 1940. The molecule has 5 aliphatic heterocycles. The van der Waals surface area contributed by atoms with Crippen molar-refractivity contribution in [1.29, 1.82) is 0 Å². The number of ether oxygens (including phenoxy) is 2. The lowest BCUT2D eigenvalue weighted by atomic mass is 9.91. The molecule has 8 rings (SSSR count). The summed E-state index contributed by atoms with van der Waals surface area (Å²) in [7, 11) is 0. The largest absolute Gasteiger partial charge is 0.493 e. The van der Waals surface area contributed by atoms with Crippen LogP contribution >= 0.6 is 11.8 Å². The molecule has 3 aromatic rings. The van der Waals surface area contributed by atoms with Gasteiger partial charge >= 0.3 is 0 Å². The van der Waals surface area contributed by atoms with Crippen molar-refractivity contribution >= 4 is 45.9 Å². The van der Waals surface area contributed by atoms with Crippen molar-refractivity contribution in [3.8, 4) is 5.75 Å². The van der Waals surface area contributed by atoms with E-state index in [0.717, 1.165) is 97.6 Å². The second-order valence-electron chi connectivity index (χ2n) is 16.5. The molecule has 2 amide bonds. The highest BCUT2D eigenvalue weighted by molar-refractivity contribution is 7.99. The van der Waals surface area contributed by atoms with Crippen LogP contribution in [0.15, 0.2) is 35.1 Å². The number of piperidine rings is 4. The Hall–Kier alpha value is -3.79. The topological polar surface area (TPSA) is 132 Å². The molecule has 1 unspecified atom stereocenters. The SMILES string of the molecule is O=C1CCC(Nc2ccc(N3CCC(N4CCC(CN5CCC(COc6cc(F)c7c(=O)[nH]c(CSC8CCOCC8)nc7c6)CC5)CC4)CC3)c(F)c2)C(=O)N1. The normalized spacial score (nSPS) is 22.9. The fourth-order valence-electron chi connectivity index (χ4n) is 9.21. The number of fused-ring (bicyclic) bond motifs is 1. The van der Waals surface area contributed by atoms with Crippen LogP contribution in [0.5, 0.6) is 5.75 Å². The average Bonchev–Trinajstić information content (AvgIpc) is 3.21. The molecule has 5 aliphatic rings. The van der Waals surface area contributed by atoms with E-state index in [0.29, 0.717) is 70.4 Å². The summed E-state index contributed by atoms with van der Waals surface area (Å²) in [5.74, 6) is 1.08. The van der Waals surface area contributed by atoms with Gasteiger partial charge in [-0.15, -0.1) is 0 Å². The number of aromatic amines is 1.